The van der Waals surface area contributed by atoms with Crippen molar-refractivity contribution in [1.29, 1.82) is 0 Å². The van der Waals surface area contributed by atoms with Gasteiger partial charge in [0.15, 0.2) is 5.82 Å². The van der Waals surface area contributed by atoms with Gasteiger partial charge < -0.3 is 20.1 Å². The molecule has 0 aliphatic carbocycles. The van der Waals surface area contributed by atoms with Gasteiger partial charge in [0.05, 0.1) is 30.1 Å². The summed E-state index contributed by atoms with van der Waals surface area (Å²) < 4.78 is 7.08. The lowest BCUT2D eigenvalue weighted by Gasteiger charge is -2.33. The smallest absolute Gasteiger partial charge is 0.248 e. The zero-order valence-electron chi connectivity index (χ0n) is 18.8. The Kier molecular flexibility index (Phi) is 6.05. The highest BCUT2D eigenvalue weighted by atomic mass is 16.5. The van der Waals surface area contributed by atoms with Crippen LogP contribution in [0, 0.1) is 0 Å². The molecule has 5 heterocycles. The quantitative estimate of drug-likeness (QED) is 0.451. The van der Waals surface area contributed by atoms with Crippen LogP contribution in [0.3, 0.4) is 0 Å². The number of nitrogens with zero attached hydrogens (tertiary/aromatic N) is 6. The van der Waals surface area contributed by atoms with Gasteiger partial charge in [-0.1, -0.05) is 6.07 Å². The van der Waals surface area contributed by atoms with Crippen molar-refractivity contribution >= 4 is 17.2 Å². The highest BCUT2D eigenvalue weighted by Crippen LogP contribution is 2.28. The molecule has 0 aromatic carbocycles. The third-order valence-corrected chi connectivity index (χ3v) is 5.89. The number of anilines is 1. The van der Waals surface area contributed by atoms with Crippen LogP contribution < -0.4 is 10.1 Å². The minimum absolute atomic E-state index is 0.00994. The van der Waals surface area contributed by atoms with E-state index >= 15 is 0 Å². The van der Waals surface area contributed by atoms with Crippen LogP contribution in [-0.4, -0.2) is 73.3 Å². The molecule has 174 valence electrons. The Morgan fingerprint density at radius 2 is 2.18 bits per heavy atom. The van der Waals surface area contributed by atoms with Crippen molar-refractivity contribution in [2.24, 2.45) is 0 Å². The van der Waals surface area contributed by atoms with Gasteiger partial charge in [0.25, 0.3) is 0 Å². The molecule has 4 aromatic heterocycles. The Hall–Kier alpha value is -4.05. The summed E-state index contributed by atoms with van der Waals surface area (Å²) in [7, 11) is 1.58. The Morgan fingerprint density at radius 3 is 3.03 bits per heavy atom. The first kappa shape index (κ1) is 21.8. The van der Waals surface area contributed by atoms with E-state index in [4.69, 9.17) is 14.7 Å². The Bertz CT molecular complexity index is 1320. The number of fused-ring (bicyclic) bond motifs is 1. The van der Waals surface area contributed by atoms with Gasteiger partial charge in [-0.25, -0.2) is 19.5 Å². The molecule has 0 saturated carbocycles. The normalized spacial score (nSPS) is 15.9. The molecule has 34 heavy (non-hydrogen) atoms. The van der Waals surface area contributed by atoms with Crippen LogP contribution in [0.5, 0.6) is 5.88 Å². The van der Waals surface area contributed by atoms with Crippen LogP contribution in [0.15, 0.2) is 55.0 Å². The van der Waals surface area contributed by atoms with Crippen LogP contribution in [0.2, 0.25) is 0 Å². The van der Waals surface area contributed by atoms with Gasteiger partial charge in [-0.15, -0.1) is 0 Å². The molecule has 1 fully saturated rings. The Balaban J connectivity index is 1.54. The van der Waals surface area contributed by atoms with E-state index in [9.17, 15) is 9.90 Å². The maximum Gasteiger partial charge on any atom is 0.248 e. The van der Waals surface area contributed by atoms with Gasteiger partial charge >= 0.3 is 0 Å². The molecule has 5 rings (SSSR count). The molecule has 0 spiro atoms. The maximum absolute atomic E-state index is 12.0. The van der Waals surface area contributed by atoms with Gasteiger partial charge in [-0.3, -0.25) is 4.79 Å². The summed E-state index contributed by atoms with van der Waals surface area (Å²) in [5.41, 5.74) is 3.26. The molecule has 0 bridgehead atoms. The predicted octanol–water partition coefficient (Wildman–Crippen LogP) is 2.26. The number of likely N-dealkylation sites (tertiary alicyclic amines) is 1. The first-order valence-electron chi connectivity index (χ1n) is 11.1. The summed E-state index contributed by atoms with van der Waals surface area (Å²) in [5, 5.41) is 17.1. The first-order valence-corrected chi connectivity index (χ1v) is 11.1. The molecule has 1 saturated heterocycles. The summed E-state index contributed by atoms with van der Waals surface area (Å²) in [6.07, 6.45) is 7.06. The number of pyridine rings is 2. The Morgan fingerprint density at radius 1 is 1.26 bits per heavy atom. The van der Waals surface area contributed by atoms with E-state index in [1.807, 2.05) is 42.6 Å². The number of methoxy groups -OCH3 is 1. The molecule has 4 aromatic rings. The third-order valence-electron chi connectivity index (χ3n) is 5.89. The molecule has 2 N–H and O–H groups in total. The monoisotopic (exact) mass is 459 g/mol. The van der Waals surface area contributed by atoms with E-state index in [-0.39, 0.29) is 11.9 Å². The summed E-state index contributed by atoms with van der Waals surface area (Å²) in [4.78, 5) is 27.5. The number of hydrogen-bond acceptors (Lipinski definition) is 8. The fourth-order valence-electron chi connectivity index (χ4n) is 4.21. The first-order chi connectivity index (χ1) is 16.6. The summed E-state index contributed by atoms with van der Waals surface area (Å²) in [6.45, 7) is 0.679. The average molecular weight is 460 g/mol. The van der Waals surface area contributed by atoms with E-state index < -0.39 is 6.61 Å². The number of carbonyl (C=O) groups excluding carboxylic acids is 1. The number of rotatable bonds is 6. The minimum atomic E-state index is -0.479. The predicted molar refractivity (Wildman–Crippen MR) is 126 cm³/mol. The number of carbonyl (C=O) groups is 1. The van der Waals surface area contributed by atoms with Crippen LogP contribution in [-0.2, 0) is 4.79 Å². The third kappa shape index (κ3) is 4.40. The fraction of sp³-hybridized carbons (Fsp3) is 0.292. The van der Waals surface area contributed by atoms with E-state index in [1.165, 1.54) is 0 Å². The number of amides is 1. The highest BCUT2D eigenvalue weighted by Gasteiger charge is 2.24. The largest absolute Gasteiger partial charge is 0.481 e. The lowest BCUT2D eigenvalue weighted by atomic mass is 10.1. The second-order valence-electron chi connectivity index (χ2n) is 8.12. The summed E-state index contributed by atoms with van der Waals surface area (Å²) in [5.74, 6) is 1.42. The Labute approximate surface area is 196 Å². The van der Waals surface area contributed by atoms with E-state index in [0.717, 1.165) is 29.5 Å². The van der Waals surface area contributed by atoms with Gasteiger partial charge in [-0.05, 0) is 31.0 Å². The lowest BCUT2D eigenvalue weighted by molar-refractivity contribution is -0.135. The molecule has 10 heteroatoms. The number of hydrogen-bond donors (Lipinski definition) is 2. The lowest BCUT2D eigenvalue weighted by Crippen LogP contribution is -2.46. The maximum atomic E-state index is 12.0. The number of nitrogens with one attached hydrogen (secondary N) is 1. The number of aliphatic hydroxyl groups excluding tert-OH is 1. The van der Waals surface area contributed by atoms with Crippen molar-refractivity contribution in [3.8, 4) is 28.5 Å². The van der Waals surface area contributed by atoms with Crippen molar-refractivity contribution < 1.29 is 14.6 Å². The molecule has 10 nitrogen and oxygen atoms in total. The van der Waals surface area contributed by atoms with Gasteiger partial charge in [0, 0.05) is 49.2 Å². The SMILES string of the molecule is COc1cc(-c2cc(N[C@@H]3CCCN(C(=O)CO)C3)nc(-c3cnn4ccccc34)n2)ccn1. The highest BCUT2D eigenvalue weighted by molar-refractivity contribution is 5.78. The molecule has 1 amide bonds. The number of piperidine rings is 1. The molecule has 1 aliphatic heterocycles. The fourth-order valence-corrected chi connectivity index (χ4v) is 4.21. The van der Waals surface area contributed by atoms with Crippen LogP contribution in [0.25, 0.3) is 28.2 Å². The van der Waals surface area contributed by atoms with Crippen molar-refractivity contribution in [1.82, 2.24) is 29.5 Å². The van der Waals surface area contributed by atoms with Crippen molar-refractivity contribution in [2.45, 2.75) is 18.9 Å². The number of aromatic nitrogens is 5. The second kappa shape index (κ2) is 9.44. The second-order valence-corrected chi connectivity index (χ2v) is 8.12. The summed E-state index contributed by atoms with van der Waals surface area (Å²) in [6, 6.07) is 11.4. The molecule has 1 atom stereocenters. The van der Waals surface area contributed by atoms with Gasteiger partial charge in [0.2, 0.25) is 11.8 Å². The summed E-state index contributed by atoms with van der Waals surface area (Å²) >= 11 is 0. The van der Waals surface area contributed by atoms with Crippen LogP contribution in [0.1, 0.15) is 12.8 Å². The number of ether oxygens (including phenoxy) is 1. The zero-order valence-corrected chi connectivity index (χ0v) is 18.8. The molecular weight excluding hydrogens is 434 g/mol. The molecule has 0 unspecified atom stereocenters. The van der Waals surface area contributed by atoms with Gasteiger partial charge in [0.1, 0.15) is 12.4 Å². The minimum Gasteiger partial charge on any atom is -0.481 e. The molecular formula is C24H25N7O3. The van der Waals surface area contributed by atoms with Gasteiger partial charge in [-0.2, -0.15) is 5.10 Å². The molecule has 0 radical (unpaired) electrons. The van der Waals surface area contributed by atoms with Crippen molar-refractivity contribution in [3.63, 3.8) is 0 Å². The molecule has 1 aliphatic rings. The van der Waals surface area contributed by atoms with Crippen molar-refractivity contribution in [2.75, 3.05) is 32.1 Å². The van der Waals surface area contributed by atoms with E-state index in [0.29, 0.717) is 36.3 Å². The topological polar surface area (TPSA) is 118 Å². The zero-order chi connectivity index (χ0) is 23.5. The average Bonchev–Trinajstić information content (AvgIpc) is 3.32. The standard InChI is InChI=1S/C24H25N7O3/c1-34-22-11-16(7-8-25-22)19-12-21(27-17-5-4-9-30(14-17)23(33)15-32)29-24(28-19)18-13-26-31-10-3-2-6-20(18)31/h2-3,6-8,10-13,17,32H,4-5,9,14-15H2,1H3,(H,27,28,29)/t17-/m1/s1. The van der Waals surface area contributed by atoms with E-state index in [1.54, 1.807) is 28.9 Å². The van der Waals surface area contributed by atoms with Crippen LogP contribution in [0.4, 0.5) is 5.82 Å². The van der Waals surface area contributed by atoms with E-state index in [2.05, 4.69) is 15.4 Å². The number of aliphatic hydroxyl groups is 1. The van der Waals surface area contributed by atoms with Crippen LogP contribution >= 0.6 is 0 Å². The van der Waals surface area contributed by atoms with Crippen molar-refractivity contribution in [3.05, 3.63) is 55.0 Å².